The second kappa shape index (κ2) is 6.04. The first-order valence-corrected chi connectivity index (χ1v) is 8.34. The van der Waals surface area contributed by atoms with Gasteiger partial charge in [-0.3, -0.25) is 10.00 Å². The minimum absolute atomic E-state index is 0.0897. The number of nitrogens with one attached hydrogen (secondary N) is 1. The van der Waals surface area contributed by atoms with E-state index in [9.17, 15) is 4.79 Å². The van der Waals surface area contributed by atoms with Crippen LogP contribution in [0.5, 0.6) is 0 Å². The molecule has 9 nitrogen and oxygen atoms in total. The summed E-state index contributed by atoms with van der Waals surface area (Å²) in [5.41, 5.74) is 0.811. The fourth-order valence-electron chi connectivity index (χ4n) is 2.79. The van der Waals surface area contributed by atoms with Gasteiger partial charge in [0.2, 0.25) is 0 Å². The number of aromatic nitrogens is 5. The number of hydrogen-bond acceptors (Lipinski definition) is 7. The monoisotopic (exact) mass is 344 g/mol. The Bertz CT molecular complexity index is 853. The van der Waals surface area contributed by atoms with Crippen LogP contribution in [0.1, 0.15) is 0 Å². The van der Waals surface area contributed by atoms with Crippen molar-refractivity contribution in [3.63, 3.8) is 0 Å². The number of carbonyl (C=O) groups is 1. The molecule has 124 valence electrons. The molecule has 1 N–H and O–H groups in total. The summed E-state index contributed by atoms with van der Waals surface area (Å²) in [6, 6.07) is 1.70. The van der Waals surface area contributed by atoms with E-state index in [4.69, 9.17) is 0 Å². The maximum Gasteiger partial charge on any atom is 0.322 e. The summed E-state index contributed by atoms with van der Waals surface area (Å²) in [5, 5.41) is 8.80. The van der Waals surface area contributed by atoms with E-state index in [2.05, 4.69) is 29.7 Å². The van der Waals surface area contributed by atoms with Crippen LogP contribution in [0.3, 0.4) is 0 Å². The van der Waals surface area contributed by atoms with Gasteiger partial charge in [-0.2, -0.15) is 9.47 Å². The second-order valence-electron chi connectivity index (χ2n) is 5.48. The van der Waals surface area contributed by atoms with Crippen LogP contribution in [0.2, 0.25) is 0 Å². The molecule has 1 saturated heterocycles. The number of piperazine rings is 1. The molecule has 0 radical (unpaired) electrons. The summed E-state index contributed by atoms with van der Waals surface area (Å²) in [6.07, 6.45) is 5.02. The zero-order valence-electron chi connectivity index (χ0n) is 13.1. The van der Waals surface area contributed by atoms with Gasteiger partial charge in [-0.25, -0.2) is 14.8 Å². The van der Waals surface area contributed by atoms with Crippen molar-refractivity contribution in [2.75, 3.05) is 36.4 Å². The zero-order chi connectivity index (χ0) is 16.5. The molecule has 0 atom stereocenters. The molecule has 0 unspecified atom stereocenters. The molecule has 10 heteroatoms. The predicted octanol–water partition coefficient (Wildman–Crippen LogP) is 1.17. The minimum Gasteiger partial charge on any atom is -0.352 e. The van der Waals surface area contributed by atoms with Crippen LogP contribution in [0.15, 0.2) is 24.8 Å². The molecule has 1 aliphatic heterocycles. The van der Waals surface area contributed by atoms with Crippen molar-refractivity contribution in [1.29, 1.82) is 0 Å². The Morgan fingerprint density at radius 3 is 2.83 bits per heavy atom. The van der Waals surface area contributed by atoms with Crippen LogP contribution in [-0.4, -0.2) is 61.2 Å². The van der Waals surface area contributed by atoms with Crippen molar-refractivity contribution in [3.05, 3.63) is 24.8 Å². The number of anilines is 2. The lowest BCUT2D eigenvalue weighted by atomic mass is 10.3. The highest BCUT2D eigenvalue weighted by molar-refractivity contribution is 7.10. The van der Waals surface area contributed by atoms with E-state index < -0.39 is 0 Å². The van der Waals surface area contributed by atoms with Gasteiger partial charge in [0.1, 0.15) is 17.1 Å². The number of urea groups is 1. The molecule has 0 spiro atoms. The third-order valence-corrected chi connectivity index (χ3v) is 4.70. The summed E-state index contributed by atoms with van der Waals surface area (Å²) >= 11 is 1.27. The van der Waals surface area contributed by atoms with Crippen molar-refractivity contribution in [2.24, 2.45) is 7.05 Å². The van der Waals surface area contributed by atoms with Gasteiger partial charge in [-0.05, 0) is 17.6 Å². The molecule has 3 aromatic rings. The Kier molecular flexibility index (Phi) is 3.73. The van der Waals surface area contributed by atoms with Crippen LogP contribution in [0.4, 0.5) is 15.6 Å². The van der Waals surface area contributed by atoms with Gasteiger partial charge in [0.15, 0.2) is 5.65 Å². The number of hydrogen-bond donors (Lipinski definition) is 1. The smallest absolute Gasteiger partial charge is 0.322 e. The minimum atomic E-state index is -0.0897. The first-order valence-electron chi connectivity index (χ1n) is 7.56. The highest BCUT2D eigenvalue weighted by Gasteiger charge is 2.24. The number of fused-ring (bicyclic) bond motifs is 1. The third-order valence-electron chi connectivity index (χ3n) is 4.04. The van der Waals surface area contributed by atoms with Crippen LogP contribution in [-0.2, 0) is 7.05 Å². The van der Waals surface area contributed by atoms with E-state index in [1.807, 2.05) is 7.05 Å². The molecule has 1 aliphatic rings. The predicted molar refractivity (Wildman–Crippen MR) is 91.2 cm³/mol. The Labute approximate surface area is 142 Å². The number of rotatable bonds is 2. The molecule has 4 rings (SSSR count). The second-order valence-corrected chi connectivity index (χ2v) is 6.32. The molecule has 0 bridgehead atoms. The Balaban J connectivity index is 1.45. The highest BCUT2D eigenvalue weighted by atomic mass is 32.1. The first kappa shape index (κ1) is 14.8. The molecule has 0 aliphatic carbocycles. The molecule has 0 aromatic carbocycles. The van der Waals surface area contributed by atoms with Gasteiger partial charge in [0, 0.05) is 39.4 Å². The van der Waals surface area contributed by atoms with Crippen molar-refractivity contribution >= 4 is 39.4 Å². The molecule has 0 saturated carbocycles. The maximum absolute atomic E-state index is 12.3. The topological polar surface area (TPSA) is 92.1 Å². The average molecular weight is 344 g/mol. The lowest BCUT2D eigenvalue weighted by molar-refractivity contribution is 0.208. The largest absolute Gasteiger partial charge is 0.352 e. The van der Waals surface area contributed by atoms with E-state index >= 15 is 0 Å². The molecular formula is C14H16N8OS. The SMILES string of the molecule is Cn1ncc2c(N3CCN(C(=O)Nc4ccns4)CC3)ncnc21. The Hall–Kier alpha value is -2.75. The number of nitrogens with zero attached hydrogens (tertiary/aromatic N) is 7. The van der Waals surface area contributed by atoms with Gasteiger partial charge >= 0.3 is 6.03 Å². The van der Waals surface area contributed by atoms with Crippen molar-refractivity contribution in [1.82, 2.24) is 29.0 Å². The standard InChI is InChI=1S/C14H16N8OS/c1-20-12-10(8-17-20)13(16-9-15-12)21-4-6-22(7-5-21)14(23)19-11-2-3-18-24-11/h2-3,8-9H,4-7H2,1H3,(H,19,23). The van der Waals surface area contributed by atoms with E-state index in [-0.39, 0.29) is 6.03 Å². The van der Waals surface area contributed by atoms with Gasteiger partial charge < -0.3 is 9.80 Å². The van der Waals surface area contributed by atoms with Gasteiger partial charge in [-0.1, -0.05) is 0 Å². The molecular weight excluding hydrogens is 328 g/mol. The zero-order valence-corrected chi connectivity index (χ0v) is 13.9. The maximum atomic E-state index is 12.3. The Morgan fingerprint density at radius 1 is 1.25 bits per heavy atom. The lowest BCUT2D eigenvalue weighted by Gasteiger charge is -2.35. The summed E-state index contributed by atoms with van der Waals surface area (Å²) in [5.74, 6) is 0.871. The third kappa shape index (κ3) is 2.64. The average Bonchev–Trinajstić information content (AvgIpc) is 3.25. The van der Waals surface area contributed by atoms with E-state index in [1.54, 1.807) is 34.4 Å². The van der Waals surface area contributed by atoms with E-state index in [0.29, 0.717) is 13.1 Å². The summed E-state index contributed by atoms with van der Waals surface area (Å²) in [4.78, 5) is 24.9. The Morgan fingerprint density at radius 2 is 2.08 bits per heavy atom. The number of amides is 2. The highest BCUT2D eigenvalue weighted by Crippen LogP contribution is 2.23. The molecule has 2 amide bonds. The first-order chi connectivity index (χ1) is 11.7. The quantitative estimate of drug-likeness (QED) is 0.750. The van der Waals surface area contributed by atoms with Gasteiger partial charge in [0.05, 0.1) is 11.6 Å². The molecule has 24 heavy (non-hydrogen) atoms. The molecule has 1 fully saturated rings. The van der Waals surface area contributed by atoms with Crippen LogP contribution >= 0.6 is 11.5 Å². The summed E-state index contributed by atoms with van der Waals surface area (Å²) in [6.45, 7) is 2.71. The van der Waals surface area contributed by atoms with E-state index in [0.717, 1.165) is 34.9 Å². The van der Waals surface area contributed by atoms with Gasteiger partial charge in [-0.15, -0.1) is 0 Å². The fraction of sp³-hybridized carbons (Fsp3) is 0.357. The van der Waals surface area contributed by atoms with Crippen LogP contribution < -0.4 is 10.2 Å². The molecule has 4 heterocycles. The lowest BCUT2D eigenvalue weighted by Crippen LogP contribution is -2.50. The van der Waals surface area contributed by atoms with E-state index in [1.165, 1.54) is 11.5 Å². The fourth-order valence-corrected chi connectivity index (χ4v) is 3.28. The van der Waals surface area contributed by atoms with Crippen molar-refractivity contribution in [3.8, 4) is 0 Å². The number of aryl methyl sites for hydroxylation is 1. The van der Waals surface area contributed by atoms with Crippen LogP contribution in [0, 0.1) is 0 Å². The van der Waals surface area contributed by atoms with Gasteiger partial charge in [0.25, 0.3) is 0 Å². The normalized spacial score (nSPS) is 15.0. The van der Waals surface area contributed by atoms with Crippen molar-refractivity contribution in [2.45, 2.75) is 0 Å². The van der Waals surface area contributed by atoms with Crippen molar-refractivity contribution < 1.29 is 4.79 Å². The van der Waals surface area contributed by atoms with Crippen LogP contribution in [0.25, 0.3) is 11.0 Å². The number of carbonyl (C=O) groups excluding carboxylic acids is 1. The summed E-state index contributed by atoms with van der Waals surface area (Å²) in [7, 11) is 1.86. The summed E-state index contributed by atoms with van der Waals surface area (Å²) < 4.78 is 5.72. The molecule has 3 aromatic heterocycles.